The molecule has 1 atom stereocenters. The van der Waals surface area contributed by atoms with Gasteiger partial charge in [-0.3, -0.25) is 0 Å². The highest BCUT2D eigenvalue weighted by Gasteiger charge is 2.22. The first kappa shape index (κ1) is 23.4. The molecule has 0 aliphatic carbocycles. The summed E-state index contributed by atoms with van der Waals surface area (Å²) in [6.07, 6.45) is 1.73. The van der Waals surface area contributed by atoms with Gasteiger partial charge in [-0.1, -0.05) is 18.2 Å². The zero-order chi connectivity index (χ0) is 23.5. The van der Waals surface area contributed by atoms with E-state index in [9.17, 15) is 16.8 Å². The molecule has 0 amide bonds. The number of hydrogen-bond acceptors (Lipinski definition) is 8. The Morgan fingerprint density at radius 2 is 1.58 bits per heavy atom. The van der Waals surface area contributed by atoms with Gasteiger partial charge in [0.1, 0.15) is 15.7 Å². The second-order valence-electron chi connectivity index (χ2n) is 6.89. The van der Waals surface area contributed by atoms with Crippen molar-refractivity contribution in [1.82, 2.24) is 4.98 Å². The number of sulfone groups is 1. The van der Waals surface area contributed by atoms with Crippen molar-refractivity contribution in [3.8, 4) is 5.75 Å². The van der Waals surface area contributed by atoms with Crippen molar-refractivity contribution >= 4 is 51.5 Å². The van der Waals surface area contributed by atoms with Crippen molar-refractivity contribution in [3.05, 3.63) is 89.4 Å². The van der Waals surface area contributed by atoms with Gasteiger partial charge in [-0.2, -0.15) is 8.42 Å². The summed E-state index contributed by atoms with van der Waals surface area (Å²) in [4.78, 5) is 3.87. The third-order valence-electron chi connectivity index (χ3n) is 4.58. The van der Waals surface area contributed by atoms with Crippen LogP contribution in [0.3, 0.4) is 0 Å². The molecule has 0 aliphatic rings. The number of nitrogens with zero attached hydrogens (tertiary/aromatic N) is 1. The monoisotopic (exact) mass is 518 g/mol. The maximum absolute atomic E-state index is 12.9. The Hall–Kier alpha value is -2.78. The minimum Gasteiger partial charge on any atom is -0.379 e. The summed E-state index contributed by atoms with van der Waals surface area (Å²) in [6, 6.07) is 17.8. The van der Waals surface area contributed by atoms with E-state index in [0.29, 0.717) is 6.54 Å². The highest BCUT2D eigenvalue weighted by atomic mass is 32.2. The second kappa shape index (κ2) is 9.61. The van der Waals surface area contributed by atoms with Crippen molar-refractivity contribution < 1.29 is 21.0 Å². The fourth-order valence-corrected chi connectivity index (χ4v) is 6.01. The van der Waals surface area contributed by atoms with E-state index in [1.165, 1.54) is 53.8 Å². The van der Waals surface area contributed by atoms with Crippen LogP contribution in [0, 0.1) is 0 Å². The van der Waals surface area contributed by atoms with E-state index in [1.807, 2.05) is 5.38 Å². The first-order valence-electron chi connectivity index (χ1n) is 9.61. The minimum atomic E-state index is -4.24. The predicted molar refractivity (Wildman–Crippen MR) is 131 cm³/mol. The Kier molecular flexibility index (Phi) is 6.81. The third-order valence-corrected chi connectivity index (χ3v) is 8.76. The van der Waals surface area contributed by atoms with Gasteiger partial charge in [0, 0.05) is 17.3 Å². The summed E-state index contributed by atoms with van der Waals surface area (Å²) in [5, 5.41) is 6.84. The van der Waals surface area contributed by atoms with E-state index in [4.69, 9.17) is 4.18 Å². The van der Waals surface area contributed by atoms with Crippen molar-refractivity contribution in [2.75, 3.05) is 5.32 Å². The zero-order valence-corrected chi connectivity index (χ0v) is 20.7. The highest BCUT2D eigenvalue weighted by Crippen LogP contribution is 2.26. The van der Waals surface area contributed by atoms with Crippen LogP contribution in [-0.4, -0.2) is 21.8 Å². The molecule has 1 aromatic heterocycles. The van der Waals surface area contributed by atoms with Crippen molar-refractivity contribution in [2.45, 2.75) is 21.2 Å². The lowest BCUT2D eigenvalue weighted by molar-refractivity contribution is 0.486. The number of nitrogens with one attached hydrogen (secondary N) is 1. The van der Waals surface area contributed by atoms with Crippen molar-refractivity contribution in [3.63, 3.8) is 0 Å². The Balaban J connectivity index is 1.51. The lowest BCUT2D eigenvalue weighted by atomic mass is 10.3. The van der Waals surface area contributed by atoms with Gasteiger partial charge >= 0.3 is 10.1 Å². The molecule has 33 heavy (non-hydrogen) atoms. The van der Waals surface area contributed by atoms with Gasteiger partial charge in [-0.05, 0) is 59.9 Å². The van der Waals surface area contributed by atoms with Crippen molar-refractivity contribution in [2.24, 2.45) is 0 Å². The molecule has 0 aliphatic heterocycles. The molecule has 0 spiro atoms. The topological polar surface area (TPSA) is 102 Å². The van der Waals surface area contributed by atoms with E-state index in [1.54, 1.807) is 30.5 Å². The van der Waals surface area contributed by atoms with E-state index in [0.717, 1.165) is 22.1 Å². The lowest BCUT2D eigenvalue weighted by Crippen LogP contribution is -2.11. The number of rotatable bonds is 8. The average molecular weight is 519 g/mol. The molecule has 170 valence electrons. The summed E-state index contributed by atoms with van der Waals surface area (Å²) < 4.78 is 56.6. The van der Waals surface area contributed by atoms with Gasteiger partial charge in [-0.15, -0.1) is 20.6 Å². The Bertz CT molecular complexity index is 1450. The van der Waals surface area contributed by atoms with Crippen LogP contribution in [0.15, 0.2) is 99.1 Å². The van der Waals surface area contributed by atoms with Crippen LogP contribution in [0.5, 0.6) is 5.75 Å². The molecule has 0 radical (unpaired) electrons. The number of hydrogen-bond donors (Lipinski definition) is 1. The van der Waals surface area contributed by atoms with E-state index in [2.05, 4.69) is 19.5 Å². The Morgan fingerprint density at radius 3 is 2.24 bits per heavy atom. The van der Waals surface area contributed by atoms with Gasteiger partial charge in [0.25, 0.3) is 0 Å². The fourth-order valence-electron chi connectivity index (χ4n) is 2.90. The third kappa shape index (κ3) is 5.59. The maximum Gasteiger partial charge on any atom is 0.339 e. The number of thiazole rings is 1. The summed E-state index contributed by atoms with van der Waals surface area (Å²) in [6.45, 7) is 0.553. The molecule has 0 bridgehead atoms. The van der Waals surface area contributed by atoms with Crippen LogP contribution in [0.2, 0.25) is 0 Å². The van der Waals surface area contributed by atoms with Crippen molar-refractivity contribution in [1.29, 1.82) is 0 Å². The molecule has 3 aromatic carbocycles. The van der Waals surface area contributed by atoms with Crippen LogP contribution in [-0.2, 0) is 26.5 Å². The molecule has 7 nitrogen and oxygen atoms in total. The minimum absolute atomic E-state index is 0.0741. The van der Waals surface area contributed by atoms with Crippen LogP contribution in [0.25, 0.3) is 0 Å². The zero-order valence-electron chi connectivity index (χ0n) is 17.1. The van der Waals surface area contributed by atoms with Crippen LogP contribution < -0.4 is 14.8 Å². The highest BCUT2D eigenvalue weighted by molar-refractivity contribution is 7.91. The van der Waals surface area contributed by atoms with Gasteiger partial charge in [0.05, 0.1) is 16.3 Å². The van der Waals surface area contributed by atoms with Crippen LogP contribution in [0.4, 0.5) is 5.69 Å². The molecular weight excluding hydrogens is 499 g/mol. The van der Waals surface area contributed by atoms with E-state index in [-0.39, 0.29) is 20.4 Å². The first-order chi connectivity index (χ1) is 15.7. The van der Waals surface area contributed by atoms with Gasteiger partial charge < -0.3 is 9.50 Å². The number of aromatic nitrogens is 1. The molecule has 1 heterocycles. The molecule has 0 saturated heterocycles. The smallest absolute Gasteiger partial charge is 0.339 e. The van der Waals surface area contributed by atoms with E-state index >= 15 is 0 Å². The largest absolute Gasteiger partial charge is 0.379 e. The quantitative estimate of drug-likeness (QED) is 0.279. The molecular formula is C22H19N2O5PS3. The molecule has 1 unspecified atom stereocenters. The molecule has 0 fully saturated rings. The standard InChI is InChI=1S/C22H19N2O5PS3/c25-32(26,19-10-8-18(30)9-11-19)20-2-1-3-21(14-20)33(27,28)29-17-6-4-16(5-7-17)24-15-22-23-12-13-31-22/h1-14,24H,15,30H2. The molecule has 0 saturated carbocycles. The lowest BCUT2D eigenvalue weighted by Gasteiger charge is -2.10. The Morgan fingerprint density at radius 1 is 0.879 bits per heavy atom. The normalized spacial score (nSPS) is 11.8. The SMILES string of the molecule is O=S(=O)(Oc1ccc(NCc2nccs2)cc1)c1cccc(S(=O)(=O)c2ccc(P)cc2)c1. The summed E-state index contributed by atoms with van der Waals surface area (Å²) in [5.74, 6) is 0.110. The van der Waals surface area contributed by atoms with Gasteiger partial charge in [0.2, 0.25) is 9.84 Å². The van der Waals surface area contributed by atoms with Crippen LogP contribution in [0.1, 0.15) is 5.01 Å². The molecule has 1 N–H and O–H groups in total. The Labute approximate surface area is 198 Å². The van der Waals surface area contributed by atoms with Gasteiger partial charge in [0.15, 0.2) is 0 Å². The molecule has 4 rings (SSSR count). The summed E-state index contributed by atoms with van der Waals surface area (Å²) in [7, 11) is -5.65. The fraction of sp³-hybridized carbons (Fsp3) is 0.0455. The average Bonchev–Trinajstić information content (AvgIpc) is 3.33. The predicted octanol–water partition coefficient (Wildman–Crippen LogP) is 3.86. The number of anilines is 1. The first-order valence-corrected chi connectivity index (χ1v) is 14.0. The maximum atomic E-state index is 12.9. The van der Waals surface area contributed by atoms with Crippen LogP contribution >= 0.6 is 20.6 Å². The van der Waals surface area contributed by atoms with E-state index < -0.39 is 20.0 Å². The summed E-state index contributed by atoms with van der Waals surface area (Å²) in [5.41, 5.74) is 0.777. The second-order valence-corrected chi connectivity index (χ2v) is 12.0. The summed E-state index contributed by atoms with van der Waals surface area (Å²) >= 11 is 1.53. The molecule has 4 aromatic rings. The van der Waals surface area contributed by atoms with Gasteiger partial charge in [-0.25, -0.2) is 13.4 Å². The molecule has 11 heteroatoms. The number of benzene rings is 3.